The van der Waals surface area contributed by atoms with Crippen LogP contribution < -0.4 is 15.0 Å². The molecule has 0 spiro atoms. The van der Waals surface area contributed by atoms with Crippen LogP contribution in [-0.2, 0) is 20.4 Å². The molecule has 1 saturated heterocycles. The van der Waals surface area contributed by atoms with Gasteiger partial charge in [-0.2, -0.15) is 0 Å². The van der Waals surface area contributed by atoms with E-state index in [1.165, 1.54) is 6.07 Å². The van der Waals surface area contributed by atoms with E-state index in [1.54, 1.807) is 54.5 Å². The summed E-state index contributed by atoms with van der Waals surface area (Å²) in [6.07, 6.45) is 0. The summed E-state index contributed by atoms with van der Waals surface area (Å²) in [5, 5.41) is 2.65. The number of carbonyl (C=O) groups is 2. The molecule has 1 aliphatic heterocycles. The highest BCUT2D eigenvalue weighted by atomic mass is 32.2. The molecule has 0 aromatic heterocycles. The monoisotopic (exact) mass is 433 g/mol. The van der Waals surface area contributed by atoms with E-state index in [0.29, 0.717) is 43.3 Å². The van der Waals surface area contributed by atoms with Crippen molar-refractivity contribution in [1.82, 2.24) is 4.90 Å². The van der Waals surface area contributed by atoms with Crippen LogP contribution in [-0.4, -0.2) is 65.7 Å². The number of para-hydroxylation sites is 1. The molecular weight excluding hydrogens is 409 g/mol. The van der Waals surface area contributed by atoms with Crippen LogP contribution in [0.25, 0.3) is 0 Å². The lowest BCUT2D eigenvalue weighted by Crippen LogP contribution is -2.50. The Morgan fingerprint density at radius 2 is 1.70 bits per heavy atom. The van der Waals surface area contributed by atoms with Crippen molar-refractivity contribution in [1.29, 1.82) is 0 Å². The number of hydrogen-bond acceptors (Lipinski definition) is 5. The molecule has 1 fully saturated rings. The Labute approximate surface area is 177 Å². The minimum atomic E-state index is -1.61. The van der Waals surface area contributed by atoms with Crippen molar-refractivity contribution in [2.75, 3.05) is 55.0 Å². The first-order chi connectivity index (χ1) is 14.5. The van der Waals surface area contributed by atoms with Crippen LogP contribution in [0.5, 0.6) is 5.75 Å². The highest BCUT2D eigenvalue weighted by Gasteiger charge is 2.24. The third kappa shape index (κ3) is 5.79. The number of nitrogens with zero attached hydrogens (tertiary/aromatic N) is 2. The molecule has 1 atom stereocenters. The standard InChI is InChI=1S/C21H24FN3O4S/c1-29-17-8-6-16(7-9-17)23-20(26)14-30(28)15-21(27)25-12-10-24(11-13-25)19-5-3-2-4-18(19)22/h2-9H,10-15H2,1H3,(H,23,26). The van der Waals surface area contributed by atoms with Crippen molar-refractivity contribution in [2.45, 2.75) is 0 Å². The molecule has 9 heteroatoms. The molecule has 0 aliphatic carbocycles. The first-order valence-corrected chi connectivity index (χ1v) is 11.0. The number of hydrogen-bond donors (Lipinski definition) is 1. The number of carbonyl (C=O) groups excluding carboxylic acids is 2. The number of anilines is 2. The fraction of sp³-hybridized carbons (Fsp3) is 0.333. The summed E-state index contributed by atoms with van der Waals surface area (Å²) in [4.78, 5) is 28.0. The lowest BCUT2D eigenvalue weighted by atomic mass is 10.2. The van der Waals surface area contributed by atoms with Crippen LogP contribution in [0.1, 0.15) is 0 Å². The number of piperazine rings is 1. The Bertz CT molecular complexity index is 915. The lowest BCUT2D eigenvalue weighted by Gasteiger charge is -2.36. The van der Waals surface area contributed by atoms with E-state index >= 15 is 0 Å². The molecule has 2 aromatic carbocycles. The first-order valence-electron chi connectivity index (χ1n) is 9.52. The zero-order valence-corrected chi connectivity index (χ0v) is 17.5. The van der Waals surface area contributed by atoms with Crippen molar-refractivity contribution in [3.8, 4) is 5.75 Å². The van der Waals surface area contributed by atoms with Gasteiger partial charge in [0.25, 0.3) is 0 Å². The van der Waals surface area contributed by atoms with Gasteiger partial charge in [0, 0.05) is 42.7 Å². The fourth-order valence-corrected chi connectivity index (χ4v) is 4.13. The van der Waals surface area contributed by atoms with Gasteiger partial charge in [0.2, 0.25) is 11.8 Å². The van der Waals surface area contributed by atoms with E-state index in [4.69, 9.17) is 4.74 Å². The molecule has 1 heterocycles. The third-order valence-electron chi connectivity index (χ3n) is 4.78. The maximum atomic E-state index is 13.9. The molecule has 2 aromatic rings. The second-order valence-electron chi connectivity index (χ2n) is 6.82. The second kappa shape index (κ2) is 10.2. The lowest BCUT2D eigenvalue weighted by molar-refractivity contribution is -0.128. The number of nitrogens with one attached hydrogen (secondary N) is 1. The van der Waals surface area contributed by atoms with Crippen molar-refractivity contribution >= 4 is 34.0 Å². The average molecular weight is 434 g/mol. The van der Waals surface area contributed by atoms with E-state index in [2.05, 4.69) is 5.32 Å². The van der Waals surface area contributed by atoms with Crippen molar-refractivity contribution in [3.63, 3.8) is 0 Å². The van der Waals surface area contributed by atoms with Gasteiger partial charge in [0.15, 0.2) is 0 Å². The molecule has 160 valence electrons. The smallest absolute Gasteiger partial charge is 0.237 e. The number of methoxy groups -OCH3 is 1. The molecule has 30 heavy (non-hydrogen) atoms. The van der Waals surface area contributed by atoms with Crippen LogP contribution in [0.2, 0.25) is 0 Å². The van der Waals surface area contributed by atoms with Crippen molar-refractivity contribution in [3.05, 3.63) is 54.3 Å². The van der Waals surface area contributed by atoms with E-state index < -0.39 is 16.7 Å². The van der Waals surface area contributed by atoms with E-state index in [1.807, 2.05) is 4.90 Å². The molecular formula is C21H24FN3O4S. The minimum absolute atomic E-state index is 0.213. The zero-order valence-electron chi connectivity index (χ0n) is 16.7. The molecule has 1 unspecified atom stereocenters. The zero-order chi connectivity index (χ0) is 21.5. The normalized spacial score (nSPS) is 14.9. The number of halogens is 1. The molecule has 2 amide bonds. The van der Waals surface area contributed by atoms with Crippen LogP contribution in [0.15, 0.2) is 48.5 Å². The van der Waals surface area contributed by atoms with Gasteiger partial charge in [-0.15, -0.1) is 0 Å². The number of benzene rings is 2. The summed E-state index contributed by atoms with van der Waals surface area (Å²) in [5.74, 6) is -0.782. The van der Waals surface area contributed by atoms with Gasteiger partial charge in [0.1, 0.15) is 23.1 Å². The summed E-state index contributed by atoms with van der Waals surface area (Å²) in [6.45, 7) is 1.83. The maximum Gasteiger partial charge on any atom is 0.237 e. The summed E-state index contributed by atoms with van der Waals surface area (Å²) >= 11 is 0. The van der Waals surface area contributed by atoms with Crippen LogP contribution in [0.4, 0.5) is 15.8 Å². The maximum absolute atomic E-state index is 13.9. The molecule has 3 rings (SSSR count). The Kier molecular flexibility index (Phi) is 7.40. The highest BCUT2D eigenvalue weighted by Crippen LogP contribution is 2.20. The van der Waals surface area contributed by atoms with Gasteiger partial charge < -0.3 is 19.9 Å². The molecule has 0 saturated carbocycles. The molecule has 1 N–H and O–H groups in total. The number of amides is 2. The Morgan fingerprint density at radius 3 is 2.33 bits per heavy atom. The van der Waals surface area contributed by atoms with Crippen molar-refractivity contribution < 1.29 is 22.9 Å². The van der Waals surface area contributed by atoms with Gasteiger partial charge in [-0.05, 0) is 36.4 Å². The summed E-state index contributed by atoms with van der Waals surface area (Å²) in [6, 6.07) is 13.3. The van der Waals surface area contributed by atoms with Gasteiger partial charge in [0.05, 0.1) is 12.8 Å². The second-order valence-corrected chi connectivity index (χ2v) is 8.28. The number of ether oxygens (including phenoxy) is 1. The Morgan fingerprint density at radius 1 is 1.03 bits per heavy atom. The average Bonchev–Trinajstić information content (AvgIpc) is 2.74. The fourth-order valence-electron chi connectivity index (χ4n) is 3.20. The first kappa shape index (κ1) is 21.8. The molecule has 1 aliphatic rings. The van der Waals surface area contributed by atoms with Crippen LogP contribution in [0.3, 0.4) is 0 Å². The van der Waals surface area contributed by atoms with Crippen LogP contribution in [0, 0.1) is 5.82 Å². The predicted molar refractivity (Wildman–Crippen MR) is 115 cm³/mol. The molecule has 0 bridgehead atoms. The largest absolute Gasteiger partial charge is 0.497 e. The highest BCUT2D eigenvalue weighted by molar-refractivity contribution is 7.86. The van der Waals surface area contributed by atoms with Gasteiger partial charge in [-0.3, -0.25) is 13.8 Å². The minimum Gasteiger partial charge on any atom is -0.497 e. The molecule has 7 nitrogen and oxygen atoms in total. The predicted octanol–water partition coefficient (Wildman–Crippen LogP) is 1.87. The van der Waals surface area contributed by atoms with Gasteiger partial charge >= 0.3 is 0 Å². The quantitative estimate of drug-likeness (QED) is 0.721. The SMILES string of the molecule is COc1ccc(NC(=O)CS(=O)CC(=O)N2CCN(c3ccccc3F)CC2)cc1. The van der Waals surface area contributed by atoms with Gasteiger partial charge in [-0.25, -0.2) is 4.39 Å². The van der Waals surface area contributed by atoms with Crippen LogP contribution >= 0.6 is 0 Å². The molecule has 0 radical (unpaired) electrons. The summed E-state index contributed by atoms with van der Waals surface area (Å²) < 4.78 is 31.2. The van der Waals surface area contributed by atoms with E-state index in [9.17, 15) is 18.2 Å². The summed E-state index contributed by atoms with van der Waals surface area (Å²) in [5.41, 5.74) is 1.08. The van der Waals surface area contributed by atoms with Crippen molar-refractivity contribution in [2.24, 2.45) is 0 Å². The van der Waals surface area contributed by atoms with Gasteiger partial charge in [-0.1, -0.05) is 12.1 Å². The van der Waals surface area contributed by atoms with E-state index in [0.717, 1.165) is 0 Å². The Hall–Kier alpha value is -2.94. The Balaban J connectivity index is 1.43. The summed E-state index contributed by atoms with van der Waals surface area (Å²) in [7, 11) is -0.0623. The number of rotatable bonds is 7. The topological polar surface area (TPSA) is 78.9 Å². The third-order valence-corrected chi connectivity index (χ3v) is 5.93. The van der Waals surface area contributed by atoms with E-state index in [-0.39, 0.29) is 23.2 Å².